The van der Waals surface area contributed by atoms with E-state index < -0.39 is 40.1 Å². The molecule has 2 atom stereocenters. The minimum absolute atomic E-state index is 0. The molecule has 2 unspecified atom stereocenters. The van der Waals surface area contributed by atoms with Crippen molar-refractivity contribution in [2.24, 2.45) is 5.16 Å². The molecule has 4 N–H and O–H groups in total. The molecule has 1 aromatic heterocycles. The smallest absolute Gasteiger partial charge is 0.731 e. The number of hydrogen-bond donors (Lipinski definition) is 3. The molecule has 16 heteroatoms. The molecule has 1 fully saturated rings. The van der Waals surface area contributed by atoms with Crippen LogP contribution in [0.1, 0.15) is 5.69 Å². The molecule has 32 heavy (non-hydrogen) atoms. The van der Waals surface area contributed by atoms with Crippen LogP contribution in [0.15, 0.2) is 40.9 Å². The first kappa shape index (κ1) is 25.7. The molecule has 0 radical (unpaired) electrons. The van der Waals surface area contributed by atoms with Gasteiger partial charge in [-0.3, -0.25) is 14.4 Å². The Morgan fingerprint density at radius 1 is 1.31 bits per heavy atom. The first-order chi connectivity index (χ1) is 14.6. The predicted octanol–water partition coefficient (Wildman–Crippen LogP) is -4.13. The number of nitrogen functional groups attached to an aromatic ring is 1. The van der Waals surface area contributed by atoms with Crippen molar-refractivity contribution in [1.29, 1.82) is 0 Å². The fourth-order valence-electron chi connectivity index (χ4n) is 2.75. The van der Waals surface area contributed by atoms with Gasteiger partial charge in [0.2, 0.25) is 0 Å². The molecule has 1 saturated heterocycles. The number of carbonyl (C=O) groups excluding carboxylic acids is 3. The van der Waals surface area contributed by atoms with Crippen LogP contribution < -0.4 is 45.9 Å². The van der Waals surface area contributed by atoms with E-state index in [2.05, 4.69) is 25.6 Å². The summed E-state index contributed by atoms with van der Waals surface area (Å²) in [7, 11) is -4.14. The van der Waals surface area contributed by atoms with Crippen molar-refractivity contribution in [3.8, 4) is 0 Å². The summed E-state index contributed by atoms with van der Waals surface area (Å²) in [4.78, 5) is 46.0. The van der Waals surface area contributed by atoms with E-state index in [1.54, 1.807) is 18.2 Å². The van der Waals surface area contributed by atoms with Gasteiger partial charge in [0.1, 0.15) is 18.8 Å². The van der Waals surface area contributed by atoms with E-state index in [0.717, 1.165) is 11.3 Å². The maximum atomic E-state index is 12.6. The maximum absolute atomic E-state index is 12.6. The summed E-state index contributed by atoms with van der Waals surface area (Å²) in [6.45, 7) is 0. The number of β-lactam (4-membered cyclic amide) rings is 1. The van der Waals surface area contributed by atoms with E-state index >= 15 is 0 Å². The van der Waals surface area contributed by atoms with Gasteiger partial charge in [0.15, 0.2) is 27.2 Å². The average molecular weight is 490 g/mol. The summed E-state index contributed by atoms with van der Waals surface area (Å²) < 4.78 is 34.3. The van der Waals surface area contributed by atoms with Crippen LogP contribution in [0.3, 0.4) is 0 Å². The molecule has 0 bridgehead atoms. The molecule has 0 saturated carbocycles. The molecular formula is C16H15N6NaO7S2. The molecule has 2 aromatic rings. The minimum Gasteiger partial charge on any atom is -0.731 e. The van der Waals surface area contributed by atoms with Crippen LogP contribution in [-0.2, 0) is 29.5 Å². The quantitative estimate of drug-likeness (QED) is 0.113. The van der Waals surface area contributed by atoms with Gasteiger partial charge < -0.3 is 25.8 Å². The number of oxime groups is 1. The number of nitrogens with zero attached hydrogens (tertiary/aromatic N) is 3. The Bertz CT molecular complexity index is 1150. The second kappa shape index (κ2) is 10.4. The van der Waals surface area contributed by atoms with E-state index in [4.69, 9.17) is 5.73 Å². The monoisotopic (exact) mass is 490 g/mol. The number of anilines is 2. The zero-order valence-corrected chi connectivity index (χ0v) is 20.3. The molecule has 1 aromatic carbocycles. The number of benzene rings is 1. The van der Waals surface area contributed by atoms with Gasteiger partial charge in [-0.25, -0.2) is 17.7 Å². The number of nitrogens with one attached hydrogen (secondary N) is 2. The Morgan fingerprint density at radius 3 is 2.50 bits per heavy atom. The average Bonchev–Trinajstić information content (AvgIpc) is 3.13. The molecule has 3 amide bonds. The normalized spacial score (nSPS) is 18.2. The number of rotatable bonds is 7. The van der Waals surface area contributed by atoms with Crippen LogP contribution in [0.25, 0.3) is 0 Å². The van der Waals surface area contributed by atoms with Crippen LogP contribution in [0.4, 0.5) is 10.8 Å². The second-order valence-corrected chi connectivity index (χ2v) is 8.17. The predicted molar refractivity (Wildman–Crippen MR) is 107 cm³/mol. The van der Waals surface area contributed by atoms with Crippen molar-refractivity contribution in [1.82, 2.24) is 14.6 Å². The Kier molecular flexibility index (Phi) is 8.33. The first-order valence-corrected chi connectivity index (χ1v) is 10.7. The van der Waals surface area contributed by atoms with Gasteiger partial charge in [0, 0.05) is 11.1 Å². The fraction of sp³-hybridized carbons (Fsp3) is 0.188. The SMILES string of the molecule is CON=C(C(=O)NC1C(=O)N(S(=O)(=O)[O-])C1C(=O)Nc1ccccc1)c1csc(N)n1.[Na+]. The Balaban J connectivity index is 0.00000363. The molecule has 3 rings (SSSR count). The number of thiazole rings is 1. The molecule has 164 valence electrons. The Labute approximate surface area is 208 Å². The zero-order chi connectivity index (χ0) is 22.8. The fourth-order valence-corrected chi connectivity index (χ4v) is 4.13. The van der Waals surface area contributed by atoms with Gasteiger partial charge in [-0.1, -0.05) is 23.4 Å². The minimum atomic E-state index is -5.31. The van der Waals surface area contributed by atoms with Gasteiger partial charge >= 0.3 is 29.6 Å². The van der Waals surface area contributed by atoms with E-state index in [0.29, 0.717) is 5.69 Å². The zero-order valence-electron chi connectivity index (χ0n) is 16.7. The second-order valence-electron chi connectivity index (χ2n) is 6.04. The van der Waals surface area contributed by atoms with Crippen molar-refractivity contribution < 1.29 is 61.7 Å². The third-order valence-corrected chi connectivity index (χ3v) is 5.61. The number of nitrogens with two attached hydrogens (primary N) is 1. The van der Waals surface area contributed by atoms with E-state index in [9.17, 15) is 27.4 Å². The summed E-state index contributed by atoms with van der Waals surface area (Å²) in [6, 6.07) is 4.48. The van der Waals surface area contributed by atoms with Crippen LogP contribution >= 0.6 is 11.3 Å². The molecule has 0 aliphatic carbocycles. The van der Waals surface area contributed by atoms with Crippen molar-refractivity contribution in [3.05, 3.63) is 41.4 Å². The van der Waals surface area contributed by atoms with Crippen LogP contribution in [0, 0.1) is 0 Å². The first-order valence-electron chi connectivity index (χ1n) is 8.42. The summed E-state index contributed by atoms with van der Waals surface area (Å²) >= 11 is 1.02. The molecule has 13 nitrogen and oxygen atoms in total. The number of aromatic nitrogens is 1. The molecule has 1 aliphatic heterocycles. The number of carbonyl (C=O) groups is 3. The molecular weight excluding hydrogens is 475 g/mol. The third kappa shape index (κ3) is 5.43. The Morgan fingerprint density at radius 2 is 1.97 bits per heavy atom. The standard InChI is InChI=1S/C16H16N6O7S2.Na/c1-29-21-10(9-7-30-16(17)19-9)13(23)20-11-12(22(15(11)25)31(26,27)28)14(24)18-8-5-3-2-4-6-8;/h2-7,11-12H,1H3,(H2,17,19)(H,18,24)(H,20,23)(H,26,27,28);/q;+1/p-1. The van der Waals surface area contributed by atoms with Crippen molar-refractivity contribution in [3.63, 3.8) is 0 Å². The summed E-state index contributed by atoms with van der Waals surface area (Å²) in [5, 5.41) is 9.66. The third-order valence-electron chi connectivity index (χ3n) is 4.05. The van der Waals surface area contributed by atoms with Crippen LogP contribution in [0.5, 0.6) is 0 Å². The van der Waals surface area contributed by atoms with E-state index in [-0.39, 0.29) is 50.4 Å². The van der Waals surface area contributed by atoms with Gasteiger partial charge in [-0.05, 0) is 12.1 Å². The maximum Gasteiger partial charge on any atom is 1.00 e. The van der Waals surface area contributed by atoms with Gasteiger partial charge in [0.05, 0.1) is 0 Å². The molecule has 0 spiro atoms. The van der Waals surface area contributed by atoms with Crippen molar-refractivity contribution in [2.75, 3.05) is 18.2 Å². The van der Waals surface area contributed by atoms with Gasteiger partial charge in [-0.2, -0.15) is 0 Å². The van der Waals surface area contributed by atoms with Gasteiger partial charge in [0.25, 0.3) is 17.7 Å². The number of para-hydroxylation sites is 1. The molecule has 1 aliphatic rings. The molecule has 2 heterocycles. The summed E-state index contributed by atoms with van der Waals surface area (Å²) in [5.41, 5.74) is 5.50. The topological polar surface area (TPSA) is 196 Å². The number of hydrogen-bond acceptors (Lipinski definition) is 11. The summed E-state index contributed by atoms with van der Waals surface area (Å²) in [5.74, 6) is -3.25. The Hall–Kier alpha value is -2.56. The van der Waals surface area contributed by atoms with Crippen LogP contribution in [0.2, 0.25) is 0 Å². The van der Waals surface area contributed by atoms with Crippen LogP contribution in [-0.4, -0.2) is 64.9 Å². The van der Waals surface area contributed by atoms with Crippen molar-refractivity contribution >= 4 is 55.9 Å². The van der Waals surface area contributed by atoms with Crippen molar-refractivity contribution in [2.45, 2.75) is 12.1 Å². The largest absolute Gasteiger partial charge is 1.00 e. The summed E-state index contributed by atoms with van der Waals surface area (Å²) in [6.07, 6.45) is 0. The van der Waals surface area contributed by atoms with E-state index in [1.807, 2.05) is 0 Å². The van der Waals surface area contributed by atoms with Gasteiger partial charge in [-0.15, -0.1) is 11.3 Å². The number of amides is 3. The van der Waals surface area contributed by atoms with E-state index in [1.165, 1.54) is 24.6 Å².